The SMILES string of the molecule is Cc1ccc2sc(N[C@H](C)C(=O)O)nc2c1. The number of anilines is 1. The van der Waals surface area contributed by atoms with E-state index in [-0.39, 0.29) is 0 Å². The lowest BCUT2D eigenvalue weighted by Gasteiger charge is -2.05. The molecule has 5 heteroatoms. The number of nitrogens with zero attached hydrogens (tertiary/aromatic N) is 1. The molecular weight excluding hydrogens is 224 g/mol. The Hall–Kier alpha value is -1.62. The number of rotatable bonds is 3. The Morgan fingerprint density at radius 2 is 2.31 bits per heavy atom. The molecule has 0 amide bonds. The average Bonchev–Trinajstić information content (AvgIpc) is 2.58. The van der Waals surface area contributed by atoms with Gasteiger partial charge in [-0.05, 0) is 31.5 Å². The quantitative estimate of drug-likeness (QED) is 0.859. The van der Waals surface area contributed by atoms with Crippen LogP contribution >= 0.6 is 11.3 Å². The van der Waals surface area contributed by atoms with E-state index in [0.29, 0.717) is 5.13 Å². The van der Waals surface area contributed by atoms with Crippen molar-refractivity contribution in [2.75, 3.05) is 5.32 Å². The zero-order valence-electron chi connectivity index (χ0n) is 9.02. The van der Waals surface area contributed by atoms with Crippen LogP contribution in [0.15, 0.2) is 18.2 Å². The molecule has 1 aromatic carbocycles. The monoisotopic (exact) mass is 236 g/mol. The minimum Gasteiger partial charge on any atom is -0.480 e. The molecule has 0 bridgehead atoms. The van der Waals surface area contributed by atoms with Crippen LogP contribution < -0.4 is 5.32 Å². The maximum absolute atomic E-state index is 10.7. The van der Waals surface area contributed by atoms with Gasteiger partial charge in [0.05, 0.1) is 10.2 Å². The van der Waals surface area contributed by atoms with Crippen molar-refractivity contribution in [3.8, 4) is 0 Å². The molecule has 0 unspecified atom stereocenters. The van der Waals surface area contributed by atoms with Gasteiger partial charge in [-0.25, -0.2) is 4.98 Å². The molecule has 0 spiro atoms. The van der Waals surface area contributed by atoms with E-state index >= 15 is 0 Å². The second-order valence-electron chi connectivity index (χ2n) is 3.69. The summed E-state index contributed by atoms with van der Waals surface area (Å²) >= 11 is 1.47. The van der Waals surface area contributed by atoms with Crippen molar-refractivity contribution >= 4 is 32.7 Å². The van der Waals surface area contributed by atoms with E-state index in [2.05, 4.69) is 10.3 Å². The number of carboxylic acids is 1. The number of thiazole rings is 1. The van der Waals surface area contributed by atoms with Crippen LogP contribution in [-0.4, -0.2) is 22.1 Å². The highest BCUT2D eigenvalue weighted by Gasteiger charge is 2.12. The summed E-state index contributed by atoms with van der Waals surface area (Å²) < 4.78 is 1.06. The summed E-state index contributed by atoms with van der Waals surface area (Å²) in [5.41, 5.74) is 2.06. The maximum Gasteiger partial charge on any atom is 0.325 e. The van der Waals surface area contributed by atoms with Gasteiger partial charge in [0.15, 0.2) is 5.13 Å². The molecule has 0 radical (unpaired) electrons. The normalized spacial score (nSPS) is 12.6. The van der Waals surface area contributed by atoms with Gasteiger partial charge in [0.2, 0.25) is 0 Å². The predicted molar refractivity (Wildman–Crippen MR) is 65.1 cm³/mol. The number of benzene rings is 1. The molecule has 0 aliphatic carbocycles. The van der Waals surface area contributed by atoms with Crippen molar-refractivity contribution in [3.05, 3.63) is 23.8 Å². The van der Waals surface area contributed by atoms with Gasteiger partial charge in [0.25, 0.3) is 0 Å². The Kier molecular flexibility index (Phi) is 2.78. The topological polar surface area (TPSA) is 62.2 Å². The highest BCUT2D eigenvalue weighted by molar-refractivity contribution is 7.22. The number of carboxylic acid groups (broad SMARTS) is 1. The largest absolute Gasteiger partial charge is 0.480 e. The number of hydrogen-bond acceptors (Lipinski definition) is 4. The minimum atomic E-state index is -0.879. The van der Waals surface area contributed by atoms with Gasteiger partial charge in [0.1, 0.15) is 6.04 Å². The standard InChI is InChI=1S/C11H12N2O2S/c1-6-3-4-9-8(5-6)13-11(16-9)12-7(2)10(14)15/h3-5,7H,1-2H3,(H,12,13)(H,14,15)/t7-/m1/s1. The van der Waals surface area contributed by atoms with E-state index < -0.39 is 12.0 Å². The second-order valence-corrected chi connectivity index (χ2v) is 4.73. The molecule has 1 aromatic heterocycles. The molecule has 0 saturated heterocycles. The van der Waals surface area contributed by atoms with E-state index in [9.17, 15) is 4.79 Å². The number of nitrogens with one attached hydrogen (secondary N) is 1. The van der Waals surface area contributed by atoms with E-state index in [1.807, 2.05) is 25.1 Å². The number of aryl methyl sites for hydroxylation is 1. The van der Waals surface area contributed by atoms with Crippen LogP contribution in [0.1, 0.15) is 12.5 Å². The van der Waals surface area contributed by atoms with E-state index in [1.54, 1.807) is 6.92 Å². The molecule has 0 aliphatic heterocycles. The van der Waals surface area contributed by atoms with E-state index in [0.717, 1.165) is 15.8 Å². The molecule has 16 heavy (non-hydrogen) atoms. The molecule has 0 aliphatic rings. The highest BCUT2D eigenvalue weighted by Crippen LogP contribution is 2.26. The van der Waals surface area contributed by atoms with Gasteiger partial charge in [0, 0.05) is 0 Å². The van der Waals surface area contributed by atoms with Crippen molar-refractivity contribution < 1.29 is 9.90 Å². The van der Waals surface area contributed by atoms with Gasteiger partial charge >= 0.3 is 5.97 Å². The van der Waals surface area contributed by atoms with Crippen LogP contribution in [0.5, 0.6) is 0 Å². The first-order chi connectivity index (χ1) is 7.56. The summed E-state index contributed by atoms with van der Waals surface area (Å²) in [6, 6.07) is 5.38. The maximum atomic E-state index is 10.7. The van der Waals surface area contributed by atoms with Crippen LogP contribution in [0, 0.1) is 6.92 Å². The van der Waals surface area contributed by atoms with Gasteiger partial charge in [-0.2, -0.15) is 0 Å². The van der Waals surface area contributed by atoms with Gasteiger partial charge < -0.3 is 10.4 Å². The number of fused-ring (bicyclic) bond motifs is 1. The molecule has 4 nitrogen and oxygen atoms in total. The molecule has 1 heterocycles. The van der Waals surface area contributed by atoms with Crippen LogP contribution in [0.2, 0.25) is 0 Å². The van der Waals surface area contributed by atoms with Gasteiger partial charge in [-0.3, -0.25) is 4.79 Å². The Bertz CT molecular complexity index is 536. The predicted octanol–water partition coefficient (Wildman–Crippen LogP) is 2.49. The lowest BCUT2D eigenvalue weighted by atomic mass is 10.2. The van der Waals surface area contributed by atoms with Crippen LogP contribution in [0.3, 0.4) is 0 Å². The Morgan fingerprint density at radius 3 is 3.00 bits per heavy atom. The summed E-state index contributed by atoms with van der Waals surface area (Å²) in [7, 11) is 0. The Morgan fingerprint density at radius 1 is 1.56 bits per heavy atom. The molecule has 2 rings (SSSR count). The minimum absolute atomic E-state index is 0.623. The van der Waals surface area contributed by atoms with Crippen LogP contribution in [0.25, 0.3) is 10.2 Å². The molecule has 2 N–H and O–H groups in total. The van der Waals surface area contributed by atoms with Crippen molar-refractivity contribution in [1.29, 1.82) is 0 Å². The number of aliphatic carboxylic acids is 1. The van der Waals surface area contributed by atoms with Crippen molar-refractivity contribution in [2.24, 2.45) is 0 Å². The fraction of sp³-hybridized carbons (Fsp3) is 0.273. The summed E-state index contributed by atoms with van der Waals surface area (Å²) in [6.45, 7) is 3.60. The molecule has 2 aromatic rings. The van der Waals surface area contributed by atoms with Gasteiger partial charge in [-0.1, -0.05) is 17.4 Å². The first-order valence-electron chi connectivity index (χ1n) is 4.93. The molecule has 84 valence electrons. The highest BCUT2D eigenvalue weighted by atomic mass is 32.1. The third-order valence-corrected chi connectivity index (χ3v) is 3.22. The number of hydrogen-bond donors (Lipinski definition) is 2. The zero-order chi connectivity index (χ0) is 11.7. The van der Waals surface area contributed by atoms with E-state index in [4.69, 9.17) is 5.11 Å². The molecule has 1 atom stereocenters. The van der Waals surface area contributed by atoms with Crippen molar-refractivity contribution in [1.82, 2.24) is 4.98 Å². The molecule has 0 fully saturated rings. The fourth-order valence-electron chi connectivity index (χ4n) is 1.35. The lowest BCUT2D eigenvalue weighted by molar-refractivity contribution is -0.137. The fourth-order valence-corrected chi connectivity index (χ4v) is 2.28. The summed E-state index contributed by atoms with van der Waals surface area (Å²) in [5.74, 6) is -0.879. The Labute approximate surface area is 96.9 Å². The summed E-state index contributed by atoms with van der Waals surface area (Å²) in [6.07, 6.45) is 0. The summed E-state index contributed by atoms with van der Waals surface area (Å²) in [4.78, 5) is 15.0. The number of aromatic nitrogens is 1. The lowest BCUT2D eigenvalue weighted by Crippen LogP contribution is -2.25. The Balaban J connectivity index is 2.29. The van der Waals surface area contributed by atoms with Crippen molar-refractivity contribution in [3.63, 3.8) is 0 Å². The molecule has 0 saturated carbocycles. The first-order valence-corrected chi connectivity index (χ1v) is 5.74. The average molecular weight is 236 g/mol. The zero-order valence-corrected chi connectivity index (χ0v) is 9.84. The smallest absolute Gasteiger partial charge is 0.325 e. The number of carbonyl (C=O) groups is 1. The van der Waals surface area contributed by atoms with Crippen molar-refractivity contribution in [2.45, 2.75) is 19.9 Å². The van der Waals surface area contributed by atoms with Gasteiger partial charge in [-0.15, -0.1) is 0 Å². The first kappa shape index (κ1) is 10.9. The second kappa shape index (κ2) is 4.09. The third kappa shape index (κ3) is 2.14. The van der Waals surface area contributed by atoms with E-state index in [1.165, 1.54) is 11.3 Å². The van der Waals surface area contributed by atoms with Crippen LogP contribution in [0.4, 0.5) is 5.13 Å². The van der Waals surface area contributed by atoms with Crippen LogP contribution in [-0.2, 0) is 4.79 Å². The third-order valence-electron chi connectivity index (χ3n) is 2.25. The summed E-state index contributed by atoms with van der Waals surface area (Å²) in [5, 5.41) is 12.3. The molecular formula is C11H12N2O2S.